The van der Waals surface area contributed by atoms with Crippen molar-refractivity contribution in [2.45, 2.75) is 32.1 Å². The van der Waals surface area contributed by atoms with E-state index in [1.165, 1.54) is 5.56 Å². The highest BCUT2D eigenvalue weighted by Gasteiger charge is 2.59. The summed E-state index contributed by atoms with van der Waals surface area (Å²) in [5, 5.41) is 9.08. The SMILES string of the molecule is O=C(O)C1CC12CCN(C(=O)CCc1ccccc1)CC2. The summed E-state index contributed by atoms with van der Waals surface area (Å²) in [7, 11) is 0. The highest BCUT2D eigenvalue weighted by Crippen LogP contribution is 2.59. The van der Waals surface area contributed by atoms with E-state index in [-0.39, 0.29) is 17.2 Å². The molecule has 112 valence electrons. The average molecular weight is 287 g/mol. The molecule has 1 unspecified atom stereocenters. The minimum absolute atomic E-state index is 0.00203. The molecular formula is C17H21NO3. The van der Waals surface area contributed by atoms with Gasteiger partial charge >= 0.3 is 5.97 Å². The number of likely N-dealkylation sites (tertiary alicyclic amines) is 1. The van der Waals surface area contributed by atoms with Crippen LogP contribution < -0.4 is 0 Å². The Morgan fingerprint density at radius 2 is 1.86 bits per heavy atom. The van der Waals surface area contributed by atoms with Crippen molar-refractivity contribution in [3.63, 3.8) is 0 Å². The van der Waals surface area contributed by atoms with Crippen LogP contribution in [-0.2, 0) is 16.0 Å². The number of piperidine rings is 1. The largest absolute Gasteiger partial charge is 0.481 e. The van der Waals surface area contributed by atoms with Crippen molar-refractivity contribution in [2.75, 3.05) is 13.1 Å². The maximum atomic E-state index is 12.2. The first-order valence-electron chi connectivity index (χ1n) is 7.65. The minimum Gasteiger partial charge on any atom is -0.481 e. The van der Waals surface area contributed by atoms with Gasteiger partial charge in [0.15, 0.2) is 0 Å². The summed E-state index contributed by atoms with van der Waals surface area (Å²) < 4.78 is 0. The highest BCUT2D eigenvalue weighted by atomic mass is 16.4. The van der Waals surface area contributed by atoms with Crippen LogP contribution in [0.4, 0.5) is 0 Å². The number of nitrogens with zero attached hydrogens (tertiary/aromatic N) is 1. The van der Waals surface area contributed by atoms with Crippen molar-refractivity contribution in [3.8, 4) is 0 Å². The third-order valence-electron chi connectivity index (χ3n) is 5.07. The van der Waals surface area contributed by atoms with E-state index in [1.54, 1.807) is 0 Å². The number of carboxylic acid groups (broad SMARTS) is 1. The fourth-order valence-electron chi connectivity index (χ4n) is 3.50. The number of carbonyl (C=O) groups is 2. The Bertz CT molecular complexity index is 532. The summed E-state index contributed by atoms with van der Waals surface area (Å²) in [6.45, 7) is 1.44. The van der Waals surface area contributed by atoms with Gasteiger partial charge in [0.25, 0.3) is 0 Å². The standard InChI is InChI=1S/C17H21NO3/c19-15(7-6-13-4-2-1-3-5-13)18-10-8-17(9-11-18)12-14(17)16(20)21/h1-5,14H,6-12H2,(H,20,21). The number of carbonyl (C=O) groups excluding carboxylic acids is 1. The average Bonchev–Trinajstić information content (AvgIpc) is 3.21. The normalized spacial score (nSPS) is 23.0. The van der Waals surface area contributed by atoms with Crippen LogP contribution in [0.15, 0.2) is 30.3 Å². The quantitative estimate of drug-likeness (QED) is 0.924. The van der Waals surface area contributed by atoms with E-state index >= 15 is 0 Å². The molecule has 1 N–H and O–H groups in total. The Hall–Kier alpha value is -1.84. The number of rotatable bonds is 4. The van der Waals surface area contributed by atoms with Gasteiger partial charge < -0.3 is 10.0 Å². The molecule has 0 aromatic heterocycles. The van der Waals surface area contributed by atoms with Gasteiger partial charge in [0, 0.05) is 19.5 Å². The predicted octanol–water partition coefficient (Wildman–Crippen LogP) is 2.33. The van der Waals surface area contributed by atoms with Crippen LogP contribution in [0.1, 0.15) is 31.2 Å². The zero-order chi connectivity index (χ0) is 14.9. The van der Waals surface area contributed by atoms with Crippen molar-refractivity contribution >= 4 is 11.9 Å². The van der Waals surface area contributed by atoms with Crippen LogP contribution in [0.2, 0.25) is 0 Å². The molecule has 2 fully saturated rings. The highest BCUT2D eigenvalue weighted by molar-refractivity contribution is 5.77. The Labute approximate surface area is 124 Å². The van der Waals surface area contributed by atoms with Gasteiger partial charge in [-0.15, -0.1) is 0 Å². The zero-order valence-electron chi connectivity index (χ0n) is 12.1. The van der Waals surface area contributed by atoms with Gasteiger partial charge in [-0.2, -0.15) is 0 Å². The first-order valence-corrected chi connectivity index (χ1v) is 7.65. The van der Waals surface area contributed by atoms with Crippen molar-refractivity contribution in [3.05, 3.63) is 35.9 Å². The summed E-state index contributed by atoms with van der Waals surface area (Å²) in [6.07, 6.45) is 3.81. The molecule has 4 heteroatoms. The molecule has 1 aromatic carbocycles. The number of hydrogen-bond donors (Lipinski definition) is 1. The molecule has 0 radical (unpaired) electrons. The first kappa shape index (κ1) is 14.1. The maximum Gasteiger partial charge on any atom is 0.307 e. The summed E-state index contributed by atoms with van der Waals surface area (Å²) in [4.78, 5) is 25.2. The molecule has 2 aliphatic rings. The van der Waals surface area contributed by atoms with Crippen molar-refractivity contribution in [1.82, 2.24) is 4.90 Å². The smallest absolute Gasteiger partial charge is 0.307 e. The van der Waals surface area contributed by atoms with E-state index in [2.05, 4.69) is 0 Å². The van der Waals surface area contributed by atoms with Crippen LogP contribution in [0.5, 0.6) is 0 Å². The van der Waals surface area contributed by atoms with Crippen LogP contribution in [0.25, 0.3) is 0 Å². The molecule has 1 saturated carbocycles. The summed E-state index contributed by atoms with van der Waals surface area (Å²) in [5.74, 6) is -0.640. The molecule has 1 amide bonds. The van der Waals surface area contributed by atoms with Crippen LogP contribution in [0, 0.1) is 11.3 Å². The number of hydrogen-bond acceptors (Lipinski definition) is 2. The number of aryl methyl sites for hydroxylation is 1. The third kappa shape index (κ3) is 2.94. The van der Waals surface area contributed by atoms with Gasteiger partial charge in [0.1, 0.15) is 0 Å². The zero-order valence-corrected chi connectivity index (χ0v) is 12.1. The first-order chi connectivity index (χ1) is 10.1. The molecule has 3 rings (SSSR count). The lowest BCUT2D eigenvalue weighted by molar-refractivity contribution is -0.139. The molecule has 1 saturated heterocycles. The van der Waals surface area contributed by atoms with Crippen molar-refractivity contribution < 1.29 is 14.7 Å². The molecule has 1 spiro atoms. The van der Waals surface area contributed by atoms with Crippen LogP contribution >= 0.6 is 0 Å². The van der Waals surface area contributed by atoms with Crippen molar-refractivity contribution in [2.24, 2.45) is 11.3 Å². The molecular weight excluding hydrogens is 266 g/mol. The molecule has 1 aliphatic heterocycles. The lowest BCUT2D eigenvalue weighted by atomic mass is 9.90. The Morgan fingerprint density at radius 3 is 2.43 bits per heavy atom. The second kappa shape index (κ2) is 5.51. The Morgan fingerprint density at radius 1 is 1.19 bits per heavy atom. The van der Waals surface area contributed by atoms with Crippen molar-refractivity contribution in [1.29, 1.82) is 0 Å². The molecule has 21 heavy (non-hydrogen) atoms. The monoisotopic (exact) mass is 287 g/mol. The summed E-state index contributed by atoms with van der Waals surface area (Å²) in [6, 6.07) is 10.0. The van der Waals surface area contributed by atoms with Gasteiger partial charge in [0.2, 0.25) is 5.91 Å². The fraction of sp³-hybridized carbons (Fsp3) is 0.529. The maximum absolute atomic E-state index is 12.2. The van der Waals surface area contributed by atoms with Crippen LogP contribution in [-0.4, -0.2) is 35.0 Å². The third-order valence-corrected chi connectivity index (χ3v) is 5.07. The van der Waals surface area contributed by atoms with Gasteiger partial charge in [-0.3, -0.25) is 9.59 Å². The molecule has 1 heterocycles. The van der Waals surface area contributed by atoms with Crippen LogP contribution in [0.3, 0.4) is 0 Å². The fourth-order valence-corrected chi connectivity index (χ4v) is 3.50. The van der Waals surface area contributed by atoms with E-state index in [1.807, 2.05) is 35.2 Å². The van der Waals surface area contributed by atoms with Gasteiger partial charge in [-0.05, 0) is 36.7 Å². The second-order valence-corrected chi connectivity index (χ2v) is 6.32. The molecule has 1 aliphatic carbocycles. The van der Waals surface area contributed by atoms with Gasteiger partial charge in [-0.1, -0.05) is 30.3 Å². The van der Waals surface area contributed by atoms with E-state index in [9.17, 15) is 9.59 Å². The molecule has 4 nitrogen and oxygen atoms in total. The Balaban J connectivity index is 1.46. The van der Waals surface area contributed by atoms with E-state index in [0.29, 0.717) is 6.42 Å². The van der Waals surface area contributed by atoms with Gasteiger partial charge in [0.05, 0.1) is 5.92 Å². The lowest BCUT2D eigenvalue weighted by Crippen LogP contribution is -2.40. The van der Waals surface area contributed by atoms with E-state index in [0.717, 1.165) is 38.8 Å². The number of aliphatic carboxylic acids is 1. The minimum atomic E-state index is -0.668. The number of carboxylic acids is 1. The second-order valence-electron chi connectivity index (χ2n) is 6.32. The van der Waals surface area contributed by atoms with E-state index in [4.69, 9.17) is 5.11 Å². The summed E-state index contributed by atoms with van der Waals surface area (Å²) >= 11 is 0. The van der Waals surface area contributed by atoms with Gasteiger partial charge in [-0.25, -0.2) is 0 Å². The number of benzene rings is 1. The predicted molar refractivity (Wildman–Crippen MR) is 78.8 cm³/mol. The lowest BCUT2D eigenvalue weighted by Gasteiger charge is -2.32. The topological polar surface area (TPSA) is 57.6 Å². The Kier molecular flexibility index (Phi) is 3.70. The molecule has 1 atom stereocenters. The molecule has 1 aromatic rings. The summed E-state index contributed by atoms with van der Waals surface area (Å²) in [5.41, 5.74) is 1.19. The number of amides is 1. The molecule has 0 bridgehead atoms. The van der Waals surface area contributed by atoms with E-state index < -0.39 is 5.97 Å².